The first kappa shape index (κ1) is 17.1. The molecule has 2 aromatic rings. The fourth-order valence-corrected chi connectivity index (χ4v) is 2.33. The van der Waals surface area contributed by atoms with E-state index < -0.39 is 5.97 Å². The largest absolute Gasteiger partial charge is 0.462 e. The van der Waals surface area contributed by atoms with Crippen LogP contribution in [0.3, 0.4) is 0 Å². The molecule has 0 unspecified atom stereocenters. The van der Waals surface area contributed by atoms with Crippen LogP contribution in [0.25, 0.3) is 0 Å². The molecule has 0 fully saturated rings. The quantitative estimate of drug-likeness (QED) is 0.376. The SMILES string of the molecule is CCOC(=O)c1cnc(SC)nc1Nc1cc(C)c(C)cc1N. The van der Waals surface area contributed by atoms with Crippen molar-refractivity contribution in [1.29, 1.82) is 0 Å². The normalized spacial score (nSPS) is 10.4. The highest BCUT2D eigenvalue weighted by Gasteiger charge is 2.17. The average Bonchev–Trinajstić information content (AvgIpc) is 2.52. The minimum absolute atomic E-state index is 0.280. The Morgan fingerprint density at radius 1 is 1.35 bits per heavy atom. The second-order valence-electron chi connectivity index (χ2n) is 4.99. The minimum Gasteiger partial charge on any atom is -0.462 e. The van der Waals surface area contributed by atoms with E-state index in [0.717, 1.165) is 11.1 Å². The van der Waals surface area contributed by atoms with Gasteiger partial charge in [-0.15, -0.1) is 0 Å². The van der Waals surface area contributed by atoms with Gasteiger partial charge in [-0.05, 0) is 50.3 Å². The van der Waals surface area contributed by atoms with Gasteiger partial charge in [0, 0.05) is 6.20 Å². The van der Waals surface area contributed by atoms with Gasteiger partial charge in [0.25, 0.3) is 0 Å². The number of nitrogens with zero attached hydrogens (tertiary/aromatic N) is 2. The van der Waals surface area contributed by atoms with Gasteiger partial charge in [-0.3, -0.25) is 0 Å². The molecule has 3 N–H and O–H groups in total. The van der Waals surface area contributed by atoms with Crippen molar-refractivity contribution >= 4 is 34.9 Å². The van der Waals surface area contributed by atoms with Crippen LogP contribution in [0.5, 0.6) is 0 Å². The molecule has 0 spiro atoms. The van der Waals surface area contributed by atoms with Crippen molar-refractivity contribution in [3.63, 3.8) is 0 Å². The molecule has 1 aromatic heterocycles. The number of carbonyl (C=O) groups is 1. The maximum atomic E-state index is 12.1. The Morgan fingerprint density at radius 3 is 2.70 bits per heavy atom. The molecule has 0 amide bonds. The molecule has 0 saturated carbocycles. The third-order valence-electron chi connectivity index (χ3n) is 3.36. The molecular weight excluding hydrogens is 312 g/mol. The zero-order valence-corrected chi connectivity index (χ0v) is 14.5. The van der Waals surface area contributed by atoms with Gasteiger partial charge in [-0.25, -0.2) is 14.8 Å². The van der Waals surface area contributed by atoms with Crippen LogP contribution in [-0.2, 0) is 4.74 Å². The summed E-state index contributed by atoms with van der Waals surface area (Å²) >= 11 is 1.39. The van der Waals surface area contributed by atoms with E-state index in [4.69, 9.17) is 10.5 Å². The highest BCUT2D eigenvalue weighted by atomic mass is 32.2. The summed E-state index contributed by atoms with van der Waals surface area (Å²) in [4.78, 5) is 20.6. The number of thioether (sulfide) groups is 1. The van der Waals surface area contributed by atoms with Crippen LogP contribution in [0, 0.1) is 13.8 Å². The third-order valence-corrected chi connectivity index (χ3v) is 3.93. The van der Waals surface area contributed by atoms with Crippen molar-refractivity contribution in [3.8, 4) is 0 Å². The van der Waals surface area contributed by atoms with Crippen LogP contribution in [-0.4, -0.2) is 28.8 Å². The fourth-order valence-electron chi connectivity index (χ4n) is 1.99. The van der Waals surface area contributed by atoms with Gasteiger partial charge < -0.3 is 15.8 Å². The zero-order chi connectivity index (χ0) is 17.0. The maximum Gasteiger partial charge on any atom is 0.343 e. The van der Waals surface area contributed by atoms with E-state index in [-0.39, 0.29) is 12.2 Å². The first-order chi connectivity index (χ1) is 11.0. The highest BCUT2D eigenvalue weighted by Crippen LogP contribution is 2.28. The summed E-state index contributed by atoms with van der Waals surface area (Å²) in [7, 11) is 0. The number of hydrogen-bond donors (Lipinski definition) is 2. The molecule has 0 atom stereocenters. The van der Waals surface area contributed by atoms with Gasteiger partial charge >= 0.3 is 5.97 Å². The lowest BCUT2D eigenvalue weighted by molar-refractivity contribution is 0.0526. The summed E-state index contributed by atoms with van der Waals surface area (Å²) in [5, 5.41) is 3.69. The van der Waals surface area contributed by atoms with Crippen LogP contribution < -0.4 is 11.1 Å². The second-order valence-corrected chi connectivity index (χ2v) is 5.76. The maximum absolute atomic E-state index is 12.1. The molecule has 6 nitrogen and oxygen atoms in total. The Labute approximate surface area is 139 Å². The van der Waals surface area contributed by atoms with Crippen LogP contribution in [0.1, 0.15) is 28.4 Å². The number of anilines is 3. The minimum atomic E-state index is -0.468. The standard InChI is InChI=1S/C16H20N4O2S/c1-5-22-15(21)11-8-18-16(23-4)20-14(11)19-13-7-10(3)9(2)6-12(13)17/h6-8H,5,17H2,1-4H3,(H,18,19,20). The van der Waals surface area contributed by atoms with E-state index in [9.17, 15) is 4.79 Å². The lowest BCUT2D eigenvalue weighted by Crippen LogP contribution is -2.11. The number of benzene rings is 1. The van der Waals surface area contributed by atoms with Crippen molar-refractivity contribution in [3.05, 3.63) is 35.0 Å². The predicted molar refractivity (Wildman–Crippen MR) is 93.4 cm³/mol. The van der Waals surface area contributed by atoms with E-state index in [0.29, 0.717) is 22.3 Å². The zero-order valence-electron chi connectivity index (χ0n) is 13.6. The number of nitrogen functional groups attached to an aromatic ring is 1. The monoisotopic (exact) mass is 332 g/mol. The Morgan fingerprint density at radius 2 is 2.04 bits per heavy atom. The van der Waals surface area contributed by atoms with E-state index in [2.05, 4.69) is 15.3 Å². The van der Waals surface area contributed by atoms with E-state index in [1.165, 1.54) is 18.0 Å². The van der Waals surface area contributed by atoms with Crippen molar-refractivity contribution in [2.45, 2.75) is 25.9 Å². The number of hydrogen-bond acceptors (Lipinski definition) is 7. The lowest BCUT2D eigenvalue weighted by atomic mass is 10.1. The molecule has 0 bridgehead atoms. The molecule has 0 aliphatic heterocycles. The van der Waals surface area contributed by atoms with E-state index >= 15 is 0 Å². The van der Waals surface area contributed by atoms with Crippen LogP contribution >= 0.6 is 11.8 Å². The number of esters is 1. The molecule has 2 rings (SSSR count). The molecule has 0 aliphatic carbocycles. The van der Waals surface area contributed by atoms with Crippen molar-refractivity contribution in [2.24, 2.45) is 0 Å². The molecule has 1 heterocycles. The predicted octanol–water partition coefficient (Wildman–Crippen LogP) is 3.32. The second kappa shape index (κ2) is 7.32. The number of ether oxygens (including phenoxy) is 1. The molecular formula is C16H20N4O2S. The first-order valence-corrected chi connectivity index (χ1v) is 8.40. The topological polar surface area (TPSA) is 90.1 Å². The smallest absolute Gasteiger partial charge is 0.343 e. The summed E-state index contributed by atoms with van der Waals surface area (Å²) in [6.07, 6.45) is 3.34. The van der Waals surface area contributed by atoms with Crippen LogP contribution in [0.4, 0.5) is 17.2 Å². The van der Waals surface area contributed by atoms with Gasteiger partial charge in [0.1, 0.15) is 11.4 Å². The molecule has 0 aliphatic rings. The highest BCUT2D eigenvalue weighted by molar-refractivity contribution is 7.98. The summed E-state index contributed by atoms with van der Waals surface area (Å²) in [6.45, 7) is 6.04. The molecule has 1 aromatic carbocycles. The summed E-state index contributed by atoms with van der Waals surface area (Å²) < 4.78 is 5.06. The number of nitrogens with two attached hydrogens (primary N) is 1. The number of nitrogens with one attached hydrogen (secondary N) is 1. The van der Waals surface area contributed by atoms with Gasteiger partial charge in [-0.2, -0.15) is 0 Å². The summed E-state index contributed by atoms with van der Waals surface area (Å²) in [6, 6.07) is 3.82. The van der Waals surface area contributed by atoms with E-state index in [1.807, 2.05) is 32.2 Å². The Balaban J connectivity index is 2.45. The van der Waals surface area contributed by atoms with Crippen molar-refractivity contribution in [1.82, 2.24) is 9.97 Å². The molecule has 23 heavy (non-hydrogen) atoms. The Bertz CT molecular complexity index is 734. The molecule has 0 radical (unpaired) electrons. The van der Waals surface area contributed by atoms with Crippen LogP contribution in [0.15, 0.2) is 23.5 Å². The lowest BCUT2D eigenvalue weighted by Gasteiger charge is -2.14. The number of aromatic nitrogens is 2. The van der Waals surface area contributed by atoms with Gasteiger partial charge in [-0.1, -0.05) is 11.8 Å². The fraction of sp³-hybridized carbons (Fsp3) is 0.312. The Hall–Kier alpha value is -2.28. The Kier molecular flexibility index (Phi) is 5.44. The molecule has 0 saturated heterocycles. The van der Waals surface area contributed by atoms with Crippen molar-refractivity contribution in [2.75, 3.05) is 23.9 Å². The first-order valence-electron chi connectivity index (χ1n) is 7.18. The molecule has 122 valence electrons. The van der Waals surface area contributed by atoms with Gasteiger partial charge in [0.2, 0.25) is 0 Å². The number of rotatable bonds is 5. The van der Waals surface area contributed by atoms with E-state index in [1.54, 1.807) is 6.92 Å². The van der Waals surface area contributed by atoms with Gasteiger partial charge in [0.15, 0.2) is 5.16 Å². The number of aryl methyl sites for hydroxylation is 2. The summed E-state index contributed by atoms with van der Waals surface area (Å²) in [5.41, 5.74) is 9.83. The average molecular weight is 332 g/mol. The summed E-state index contributed by atoms with van der Waals surface area (Å²) in [5.74, 6) is -0.0807. The van der Waals surface area contributed by atoms with Crippen LogP contribution in [0.2, 0.25) is 0 Å². The number of carbonyl (C=O) groups excluding carboxylic acids is 1. The molecule has 7 heteroatoms. The van der Waals surface area contributed by atoms with Crippen molar-refractivity contribution < 1.29 is 9.53 Å². The third kappa shape index (κ3) is 3.92. The van der Waals surface area contributed by atoms with Gasteiger partial charge in [0.05, 0.1) is 18.0 Å².